The molecular formula is C12H11NO2. The molecule has 0 radical (unpaired) electrons. The summed E-state index contributed by atoms with van der Waals surface area (Å²) in [7, 11) is 0. The van der Waals surface area contributed by atoms with Crippen molar-refractivity contribution in [3.05, 3.63) is 35.9 Å². The molecule has 0 unspecified atom stereocenters. The fraction of sp³-hybridized carbons (Fsp3) is 0.0833. The molecule has 0 saturated heterocycles. The summed E-state index contributed by atoms with van der Waals surface area (Å²) >= 11 is 0. The number of nitrogens with two attached hydrogens (primary N) is 1. The molecular weight excluding hydrogens is 190 g/mol. The normalized spacial score (nSPS) is 9.80. The highest BCUT2D eigenvalue weighted by Gasteiger charge is 1.92. The van der Waals surface area contributed by atoms with Gasteiger partial charge in [-0.05, 0) is 23.8 Å². The minimum Gasteiger partial charge on any atom is -0.481 e. The van der Waals surface area contributed by atoms with Crippen LogP contribution in [0.4, 0.5) is 0 Å². The van der Waals surface area contributed by atoms with Crippen molar-refractivity contribution >= 4 is 12.0 Å². The van der Waals surface area contributed by atoms with Gasteiger partial charge < -0.3 is 10.5 Å². The summed E-state index contributed by atoms with van der Waals surface area (Å²) in [6.07, 6.45) is 7.98. The quantitative estimate of drug-likeness (QED) is 0.587. The third-order valence-corrected chi connectivity index (χ3v) is 1.64. The monoisotopic (exact) mass is 201 g/mol. The van der Waals surface area contributed by atoms with Gasteiger partial charge in [0.2, 0.25) is 5.91 Å². The number of hydrogen-bond acceptors (Lipinski definition) is 2. The summed E-state index contributed by atoms with van der Waals surface area (Å²) in [5, 5.41) is 0. The number of ether oxygens (including phenoxy) is 1. The van der Waals surface area contributed by atoms with Crippen molar-refractivity contribution < 1.29 is 9.53 Å². The number of carbonyl (C=O) groups excluding carboxylic acids is 1. The molecule has 0 aliphatic heterocycles. The number of terminal acetylenes is 1. The lowest BCUT2D eigenvalue weighted by Crippen LogP contribution is -2.05. The van der Waals surface area contributed by atoms with Crippen molar-refractivity contribution in [1.82, 2.24) is 0 Å². The molecule has 3 heteroatoms. The minimum atomic E-state index is -0.470. The maximum absolute atomic E-state index is 10.5. The van der Waals surface area contributed by atoms with E-state index in [2.05, 4.69) is 5.92 Å². The second-order valence-electron chi connectivity index (χ2n) is 2.80. The van der Waals surface area contributed by atoms with Crippen molar-refractivity contribution in [1.29, 1.82) is 0 Å². The maximum Gasteiger partial charge on any atom is 0.241 e. The van der Waals surface area contributed by atoms with Crippen LogP contribution in [0.3, 0.4) is 0 Å². The molecule has 0 atom stereocenters. The molecule has 0 aliphatic rings. The summed E-state index contributed by atoms with van der Waals surface area (Å²) in [5.41, 5.74) is 5.84. The fourth-order valence-electron chi connectivity index (χ4n) is 0.979. The molecule has 0 fully saturated rings. The van der Waals surface area contributed by atoms with E-state index in [0.717, 1.165) is 5.56 Å². The molecule has 15 heavy (non-hydrogen) atoms. The molecule has 0 spiro atoms. The van der Waals surface area contributed by atoms with Crippen molar-refractivity contribution in [2.24, 2.45) is 5.73 Å². The summed E-state index contributed by atoms with van der Waals surface area (Å²) in [4.78, 5) is 10.5. The van der Waals surface area contributed by atoms with Gasteiger partial charge in [0.1, 0.15) is 12.4 Å². The van der Waals surface area contributed by atoms with Gasteiger partial charge in [0.05, 0.1) is 0 Å². The van der Waals surface area contributed by atoms with Crippen LogP contribution in [0.25, 0.3) is 6.08 Å². The van der Waals surface area contributed by atoms with Crippen molar-refractivity contribution in [2.45, 2.75) is 0 Å². The van der Waals surface area contributed by atoms with E-state index >= 15 is 0 Å². The number of carbonyl (C=O) groups is 1. The highest BCUT2D eigenvalue weighted by molar-refractivity contribution is 5.90. The van der Waals surface area contributed by atoms with Gasteiger partial charge in [-0.25, -0.2) is 0 Å². The number of amides is 1. The summed E-state index contributed by atoms with van der Waals surface area (Å²) in [6.45, 7) is 0.246. The number of rotatable bonds is 4. The van der Waals surface area contributed by atoms with Crippen LogP contribution in [0.15, 0.2) is 30.3 Å². The molecule has 0 aromatic heterocycles. The van der Waals surface area contributed by atoms with E-state index in [1.165, 1.54) is 6.08 Å². The van der Waals surface area contributed by atoms with E-state index in [-0.39, 0.29) is 6.61 Å². The lowest BCUT2D eigenvalue weighted by atomic mass is 10.2. The van der Waals surface area contributed by atoms with Crippen LogP contribution in [0.5, 0.6) is 5.75 Å². The van der Waals surface area contributed by atoms with E-state index in [9.17, 15) is 4.79 Å². The zero-order valence-electron chi connectivity index (χ0n) is 8.14. The van der Waals surface area contributed by atoms with E-state index in [1.807, 2.05) is 12.1 Å². The van der Waals surface area contributed by atoms with E-state index in [0.29, 0.717) is 5.75 Å². The molecule has 0 saturated carbocycles. The Labute approximate surface area is 88.5 Å². The van der Waals surface area contributed by atoms with Crippen LogP contribution < -0.4 is 10.5 Å². The van der Waals surface area contributed by atoms with Gasteiger partial charge in [0, 0.05) is 6.08 Å². The number of hydrogen-bond donors (Lipinski definition) is 1. The van der Waals surface area contributed by atoms with Crippen LogP contribution in [0.1, 0.15) is 5.56 Å². The zero-order valence-corrected chi connectivity index (χ0v) is 8.14. The Morgan fingerprint density at radius 1 is 1.47 bits per heavy atom. The first kappa shape index (κ1) is 10.9. The van der Waals surface area contributed by atoms with E-state index in [1.54, 1.807) is 18.2 Å². The molecule has 0 bridgehead atoms. The molecule has 2 N–H and O–H groups in total. The Bertz CT molecular complexity index is 399. The van der Waals surface area contributed by atoms with Gasteiger partial charge in [0.15, 0.2) is 0 Å². The first-order chi connectivity index (χ1) is 7.22. The van der Waals surface area contributed by atoms with Gasteiger partial charge in [-0.15, -0.1) is 6.42 Å². The third kappa shape index (κ3) is 4.01. The van der Waals surface area contributed by atoms with E-state index in [4.69, 9.17) is 16.9 Å². The van der Waals surface area contributed by atoms with E-state index < -0.39 is 5.91 Å². The molecule has 3 nitrogen and oxygen atoms in total. The Balaban J connectivity index is 2.64. The molecule has 0 aliphatic carbocycles. The zero-order chi connectivity index (χ0) is 11.1. The van der Waals surface area contributed by atoms with Crippen LogP contribution in [-0.4, -0.2) is 12.5 Å². The molecule has 0 heterocycles. The first-order valence-corrected chi connectivity index (χ1v) is 4.36. The summed E-state index contributed by atoms with van der Waals surface area (Å²) in [5.74, 6) is 2.60. The Morgan fingerprint density at radius 2 is 2.13 bits per heavy atom. The maximum atomic E-state index is 10.5. The molecule has 76 valence electrons. The highest BCUT2D eigenvalue weighted by Crippen LogP contribution is 2.12. The predicted molar refractivity (Wildman–Crippen MR) is 59.0 cm³/mol. The molecule has 1 aromatic carbocycles. The summed E-state index contributed by atoms with van der Waals surface area (Å²) < 4.78 is 5.18. The Kier molecular flexibility index (Phi) is 3.99. The Hall–Kier alpha value is -2.21. The van der Waals surface area contributed by atoms with Gasteiger partial charge in [-0.3, -0.25) is 4.79 Å². The van der Waals surface area contributed by atoms with Crippen LogP contribution in [0.2, 0.25) is 0 Å². The first-order valence-electron chi connectivity index (χ1n) is 4.36. The van der Waals surface area contributed by atoms with Gasteiger partial charge in [-0.1, -0.05) is 18.1 Å². The van der Waals surface area contributed by atoms with Crippen molar-refractivity contribution in [2.75, 3.05) is 6.61 Å². The standard InChI is InChI=1S/C12H11NO2/c1-2-9-15-11-6-3-10(4-7-11)5-8-12(13)14/h1,3-8H,9H2,(H2,13,14). The van der Waals surface area contributed by atoms with Gasteiger partial charge in [0.25, 0.3) is 0 Å². The van der Waals surface area contributed by atoms with Gasteiger partial charge in [-0.2, -0.15) is 0 Å². The molecule has 1 rings (SSSR count). The van der Waals surface area contributed by atoms with Gasteiger partial charge >= 0.3 is 0 Å². The lowest BCUT2D eigenvalue weighted by Gasteiger charge is -2.01. The average molecular weight is 201 g/mol. The highest BCUT2D eigenvalue weighted by atomic mass is 16.5. The summed E-state index contributed by atoms with van der Waals surface area (Å²) in [6, 6.07) is 7.17. The van der Waals surface area contributed by atoms with Crippen LogP contribution in [-0.2, 0) is 4.79 Å². The second-order valence-corrected chi connectivity index (χ2v) is 2.80. The van der Waals surface area contributed by atoms with Crippen LogP contribution in [0, 0.1) is 12.3 Å². The second kappa shape index (κ2) is 5.51. The van der Waals surface area contributed by atoms with Crippen LogP contribution >= 0.6 is 0 Å². The average Bonchev–Trinajstić information content (AvgIpc) is 2.25. The topological polar surface area (TPSA) is 52.3 Å². The largest absolute Gasteiger partial charge is 0.481 e. The van der Waals surface area contributed by atoms with Crippen molar-refractivity contribution in [3.63, 3.8) is 0 Å². The smallest absolute Gasteiger partial charge is 0.241 e. The van der Waals surface area contributed by atoms with Crippen molar-refractivity contribution in [3.8, 4) is 18.1 Å². The number of benzene rings is 1. The predicted octanol–water partition coefficient (Wildman–Crippen LogP) is 1.20. The Morgan fingerprint density at radius 3 is 2.67 bits per heavy atom. The SMILES string of the molecule is C#CCOc1ccc(C=CC(N)=O)cc1. The molecule has 1 aromatic rings. The third-order valence-electron chi connectivity index (χ3n) is 1.64. The minimum absolute atomic E-state index is 0.246. The lowest BCUT2D eigenvalue weighted by molar-refractivity contribution is -0.113. The fourth-order valence-corrected chi connectivity index (χ4v) is 0.979. The molecule has 1 amide bonds. The number of primary amides is 1.